The second kappa shape index (κ2) is 14.2. The molecule has 4 heterocycles. The Morgan fingerprint density at radius 1 is 0.759 bits per heavy atom. The van der Waals surface area contributed by atoms with E-state index in [0.29, 0.717) is 22.1 Å². The number of sulfonamides is 1. The molecular weight excluding hydrogens is 735 g/mol. The molecule has 0 aromatic heterocycles. The summed E-state index contributed by atoms with van der Waals surface area (Å²) in [4.78, 5) is 82.1. The maximum atomic E-state index is 12.9. The van der Waals surface area contributed by atoms with Crippen LogP contribution in [0.25, 0.3) is 45.0 Å². The van der Waals surface area contributed by atoms with Gasteiger partial charge < -0.3 is 9.13 Å². The molecule has 0 spiro atoms. The van der Waals surface area contributed by atoms with E-state index in [1.54, 1.807) is 15.2 Å². The molecule has 0 saturated carbocycles. The number of nitrogens with one attached hydrogen (secondary N) is 3. The van der Waals surface area contributed by atoms with Crippen molar-refractivity contribution < 1.29 is 26.4 Å². The van der Waals surface area contributed by atoms with Crippen molar-refractivity contribution in [2.24, 2.45) is 0 Å². The van der Waals surface area contributed by atoms with Gasteiger partial charge in [-0.25, -0.2) is 19.5 Å². The lowest BCUT2D eigenvalue weighted by molar-refractivity contribution is -0.120. The van der Waals surface area contributed by atoms with Crippen LogP contribution in [0.15, 0.2) is 49.5 Å². The average Bonchev–Trinajstić information content (AvgIpc) is 3.06. The number of nitrogens with zero attached hydrogens (tertiary/aromatic N) is 6. The SMILES string of the molecule is Cc1cc2nc3c(=O)[nH]c(=O)cc-3n(CCN(CCCC(=O)NS(=O)(=O)C(F)(F)F)CCn3c4nc(=O)[nH]c(=O)c-4nc4cc(C)c(C)cc43)c2cc1C. The lowest BCUT2D eigenvalue weighted by atomic mass is 10.1. The van der Waals surface area contributed by atoms with Crippen LogP contribution in [0.5, 0.6) is 0 Å². The second-order valence-electron chi connectivity index (χ2n) is 13.0. The third-order valence-corrected chi connectivity index (χ3v) is 10.4. The highest BCUT2D eigenvalue weighted by atomic mass is 32.2. The molecule has 54 heavy (non-hydrogen) atoms. The van der Waals surface area contributed by atoms with Crippen LogP contribution >= 0.6 is 0 Å². The zero-order valence-electron chi connectivity index (χ0n) is 29.4. The Morgan fingerprint density at radius 2 is 1.30 bits per heavy atom. The molecule has 16 nitrogen and oxygen atoms in total. The van der Waals surface area contributed by atoms with Gasteiger partial charge in [0.1, 0.15) is 0 Å². The Bertz CT molecular complexity index is 2600. The Morgan fingerprint density at radius 3 is 1.91 bits per heavy atom. The van der Waals surface area contributed by atoms with E-state index in [4.69, 9.17) is 0 Å². The van der Waals surface area contributed by atoms with E-state index in [1.165, 1.54) is 6.07 Å². The fraction of sp³-hybridized carbons (Fsp3) is 0.353. The van der Waals surface area contributed by atoms with Crippen molar-refractivity contribution >= 4 is 38.0 Å². The third kappa shape index (κ3) is 7.51. The number of aromatic nitrogens is 7. The Hall–Kier alpha value is -5.76. The molecule has 4 aliphatic heterocycles. The van der Waals surface area contributed by atoms with Crippen molar-refractivity contribution in [1.82, 2.24) is 43.7 Å². The van der Waals surface area contributed by atoms with Gasteiger partial charge in [-0.05, 0) is 87.2 Å². The molecule has 0 atom stereocenters. The summed E-state index contributed by atoms with van der Waals surface area (Å²) in [6.45, 7) is 8.19. The van der Waals surface area contributed by atoms with Gasteiger partial charge in [0.25, 0.3) is 16.7 Å². The molecule has 0 fully saturated rings. The second-order valence-corrected chi connectivity index (χ2v) is 14.7. The number of hydrogen-bond acceptors (Lipinski definition) is 11. The summed E-state index contributed by atoms with van der Waals surface area (Å²) in [6.07, 6.45) is -0.648. The summed E-state index contributed by atoms with van der Waals surface area (Å²) in [7, 11) is -5.90. The van der Waals surface area contributed by atoms with Crippen molar-refractivity contribution in [3.05, 3.63) is 94.1 Å². The Balaban J connectivity index is 1.38. The number of hydrogen-bond donors (Lipinski definition) is 3. The minimum atomic E-state index is -5.90. The van der Waals surface area contributed by atoms with E-state index in [2.05, 4.69) is 24.9 Å². The van der Waals surface area contributed by atoms with Gasteiger partial charge in [-0.2, -0.15) is 26.6 Å². The highest BCUT2D eigenvalue weighted by molar-refractivity contribution is 7.90. The number of rotatable bonds is 11. The van der Waals surface area contributed by atoms with Gasteiger partial charge in [0.15, 0.2) is 17.2 Å². The molecule has 2 aromatic rings. The Kier molecular flexibility index (Phi) is 10.0. The van der Waals surface area contributed by atoms with Gasteiger partial charge in [-0.3, -0.25) is 34.0 Å². The molecule has 4 aliphatic rings. The van der Waals surface area contributed by atoms with Gasteiger partial charge in [0.2, 0.25) is 5.91 Å². The predicted molar refractivity (Wildman–Crippen MR) is 192 cm³/mol. The number of carbonyl (C=O) groups is 1. The topological polar surface area (TPSA) is 215 Å². The number of aromatic amines is 2. The summed E-state index contributed by atoms with van der Waals surface area (Å²) >= 11 is 0. The summed E-state index contributed by atoms with van der Waals surface area (Å²) in [5, 5.41) is 0. The minimum Gasteiger partial charge on any atom is -0.336 e. The highest BCUT2D eigenvalue weighted by Crippen LogP contribution is 2.27. The van der Waals surface area contributed by atoms with Crippen LogP contribution in [0.2, 0.25) is 0 Å². The normalized spacial score (nSPS) is 12.4. The number of alkyl halides is 3. The van der Waals surface area contributed by atoms with Gasteiger partial charge >= 0.3 is 21.2 Å². The van der Waals surface area contributed by atoms with E-state index < -0.39 is 50.2 Å². The molecular formula is C34H34F3N9O7S. The fourth-order valence-corrected chi connectivity index (χ4v) is 6.75. The first kappa shape index (κ1) is 38.0. The summed E-state index contributed by atoms with van der Waals surface area (Å²) in [6, 6.07) is 8.58. The maximum absolute atomic E-state index is 12.9. The largest absolute Gasteiger partial charge is 0.516 e. The average molecular weight is 770 g/mol. The lowest BCUT2D eigenvalue weighted by Gasteiger charge is -2.26. The molecule has 0 saturated heterocycles. The number of benzene rings is 2. The van der Waals surface area contributed by atoms with Crippen LogP contribution in [-0.4, -0.2) is 78.4 Å². The molecule has 6 rings (SSSR count). The van der Waals surface area contributed by atoms with E-state index in [9.17, 15) is 45.6 Å². The first-order chi connectivity index (χ1) is 25.3. The van der Waals surface area contributed by atoms with Crippen molar-refractivity contribution in [3.8, 4) is 22.9 Å². The quantitative estimate of drug-likeness (QED) is 0.162. The molecule has 0 bridgehead atoms. The predicted octanol–water partition coefficient (Wildman–Crippen LogP) is 2.07. The molecule has 20 heteroatoms. The van der Waals surface area contributed by atoms with Crippen LogP contribution in [0.1, 0.15) is 35.1 Å². The molecule has 284 valence electrons. The monoisotopic (exact) mass is 769 g/mol. The minimum absolute atomic E-state index is 0.0183. The first-order valence-corrected chi connectivity index (χ1v) is 18.1. The van der Waals surface area contributed by atoms with Crippen LogP contribution in [0, 0.1) is 27.7 Å². The molecule has 0 aliphatic carbocycles. The lowest BCUT2D eigenvalue weighted by Crippen LogP contribution is -2.40. The zero-order chi connectivity index (χ0) is 39.3. The van der Waals surface area contributed by atoms with Gasteiger partial charge in [0, 0.05) is 38.7 Å². The van der Waals surface area contributed by atoms with Gasteiger partial charge in [0.05, 0.1) is 27.8 Å². The standard InChI is InChI=1S/C34H34F3N9O7S/c1-17-12-21-23(14-19(17)3)45(25-16-27(48)40-31(49)28(25)38-21)10-8-44(7-5-6-26(47)43-54(52,53)34(35,36)37)9-11-46-24-15-20(4)18(2)13-22(24)39-29-30(46)41-33(51)42-32(29)50/h12-16H,5-11H2,1-4H3,(H,43,47)(H,40,48,49)(H,42,50,51). The van der Waals surface area contributed by atoms with Gasteiger partial charge in [-0.15, -0.1) is 0 Å². The molecule has 0 unspecified atom stereocenters. The smallest absolute Gasteiger partial charge is 0.336 e. The fourth-order valence-electron chi connectivity index (χ4n) is 6.23. The maximum Gasteiger partial charge on any atom is 0.516 e. The van der Waals surface area contributed by atoms with Crippen molar-refractivity contribution in [3.63, 3.8) is 0 Å². The number of fused-ring (bicyclic) bond motifs is 4. The van der Waals surface area contributed by atoms with Gasteiger partial charge in [-0.1, -0.05) is 0 Å². The molecule has 3 N–H and O–H groups in total. The molecule has 0 radical (unpaired) electrons. The Labute approximate surface area is 303 Å². The number of halogens is 3. The van der Waals surface area contributed by atoms with E-state index in [-0.39, 0.29) is 62.1 Å². The van der Waals surface area contributed by atoms with E-state index in [1.807, 2.05) is 50.8 Å². The van der Waals surface area contributed by atoms with E-state index >= 15 is 0 Å². The number of pyridine rings is 1. The summed E-state index contributed by atoms with van der Waals surface area (Å²) < 4.78 is 66.2. The van der Waals surface area contributed by atoms with Crippen LogP contribution < -0.4 is 27.1 Å². The number of aryl methyl sites for hydroxylation is 4. The van der Waals surface area contributed by atoms with Crippen molar-refractivity contribution in [1.29, 1.82) is 0 Å². The number of amides is 1. The number of H-pyrrole nitrogens is 2. The first-order valence-electron chi connectivity index (χ1n) is 16.6. The summed E-state index contributed by atoms with van der Waals surface area (Å²) in [5.41, 5.74) is -2.64. The highest BCUT2D eigenvalue weighted by Gasteiger charge is 2.46. The third-order valence-electron chi connectivity index (χ3n) is 9.30. The number of carbonyl (C=O) groups excluding carboxylic acids is 1. The van der Waals surface area contributed by atoms with Crippen molar-refractivity contribution in [2.75, 3.05) is 19.6 Å². The molecule has 2 aromatic carbocycles. The van der Waals surface area contributed by atoms with Crippen LogP contribution in [-0.2, 0) is 27.9 Å². The van der Waals surface area contributed by atoms with Crippen LogP contribution in [0.4, 0.5) is 13.2 Å². The van der Waals surface area contributed by atoms with Crippen LogP contribution in [0.3, 0.4) is 0 Å². The van der Waals surface area contributed by atoms with Crippen molar-refractivity contribution in [2.45, 2.75) is 59.1 Å². The summed E-state index contributed by atoms with van der Waals surface area (Å²) in [5.74, 6) is -1.33. The zero-order valence-corrected chi connectivity index (χ0v) is 30.2. The van der Waals surface area contributed by atoms with E-state index in [0.717, 1.165) is 27.0 Å². The molecule has 1 amide bonds.